The predicted molar refractivity (Wildman–Crippen MR) is 86.1 cm³/mol. The van der Waals surface area contributed by atoms with Gasteiger partial charge in [-0.15, -0.1) is 0 Å². The summed E-state index contributed by atoms with van der Waals surface area (Å²) in [6.07, 6.45) is -1.28. The molecule has 0 bridgehead atoms. The molecule has 8 heteroatoms. The summed E-state index contributed by atoms with van der Waals surface area (Å²) in [7, 11) is 0. The van der Waals surface area contributed by atoms with Gasteiger partial charge in [-0.05, 0) is 36.4 Å². The van der Waals surface area contributed by atoms with Crippen LogP contribution in [-0.4, -0.2) is 23.8 Å². The van der Waals surface area contributed by atoms with Gasteiger partial charge in [0.15, 0.2) is 6.10 Å². The van der Waals surface area contributed by atoms with Crippen LogP contribution in [0.4, 0.5) is 10.1 Å². The highest BCUT2D eigenvalue weighted by Crippen LogP contribution is 2.29. The number of carbonyl (C=O) groups excluding carboxylic acids is 3. The van der Waals surface area contributed by atoms with E-state index in [1.54, 1.807) is 24.3 Å². The van der Waals surface area contributed by atoms with Gasteiger partial charge in [-0.3, -0.25) is 25.2 Å². The van der Waals surface area contributed by atoms with E-state index in [9.17, 15) is 18.8 Å². The second kappa shape index (κ2) is 7.00. The number of halogens is 1. The Bertz CT molecular complexity index is 823. The molecule has 3 rings (SSSR count). The average Bonchev–Trinajstić information content (AvgIpc) is 2.61. The molecule has 0 aromatic heterocycles. The third kappa shape index (κ3) is 3.92. The number of carbonyl (C=O) groups is 3. The molecule has 0 saturated carbocycles. The van der Waals surface area contributed by atoms with Crippen molar-refractivity contribution in [1.29, 1.82) is 0 Å². The van der Waals surface area contributed by atoms with Gasteiger partial charge in [-0.2, -0.15) is 0 Å². The molecule has 25 heavy (non-hydrogen) atoms. The van der Waals surface area contributed by atoms with Crippen molar-refractivity contribution < 1.29 is 23.5 Å². The molecule has 2 aromatic rings. The van der Waals surface area contributed by atoms with E-state index in [1.807, 2.05) is 0 Å². The second-order valence-corrected chi connectivity index (χ2v) is 5.31. The van der Waals surface area contributed by atoms with Crippen LogP contribution in [0, 0.1) is 5.82 Å². The van der Waals surface area contributed by atoms with Crippen LogP contribution in [0.15, 0.2) is 48.5 Å². The monoisotopic (exact) mass is 343 g/mol. The van der Waals surface area contributed by atoms with Crippen molar-refractivity contribution in [2.75, 3.05) is 5.32 Å². The Balaban J connectivity index is 1.53. The number of para-hydroxylation sites is 2. The van der Waals surface area contributed by atoms with Crippen LogP contribution >= 0.6 is 0 Å². The number of rotatable bonds is 3. The maximum atomic E-state index is 12.8. The van der Waals surface area contributed by atoms with Crippen LogP contribution in [0.3, 0.4) is 0 Å². The number of nitrogens with one attached hydrogen (secondary N) is 3. The molecule has 7 nitrogen and oxygen atoms in total. The van der Waals surface area contributed by atoms with Gasteiger partial charge in [0.1, 0.15) is 11.6 Å². The number of hydrogen-bond acceptors (Lipinski definition) is 4. The highest BCUT2D eigenvalue weighted by molar-refractivity contribution is 6.00. The molecule has 1 heterocycles. The number of anilines is 1. The summed E-state index contributed by atoms with van der Waals surface area (Å²) in [6.45, 7) is 0. The van der Waals surface area contributed by atoms with Crippen molar-refractivity contribution in [2.24, 2.45) is 0 Å². The zero-order valence-corrected chi connectivity index (χ0v) is 12.9. The van der Waals surface area contributed by atoms with E-state index < -0.39 is 29.6 Å². The van der Waals surface area contributed by atoms with E-state index >= 15 is 0 Å². The molecule has 0 fully saturated rings. The Labute approximate surface area is 142 Å². The quantitative estimate of drug-likeness (QED) is 0.734. The minimum absolute atomic E-state index is 0.183. The molecule has 128 valence electrons. The zero-order chi connectivity index (χ0) is 17.8. The van der Waals surface area contributed by atoms with E-state index in [1.165, 1.54) is 12.1 Å². The number of hydrazine groups is 1. The summed E-state index contributed by atoms with van der Waals surface area (Å²) >= 11 is 0. The maximum Gasteiger partial charge on any atom is 0.269 e. The summed E-state index contributed by atoms with van der Waals surface area (Å²) in [4.78, 5) is 35.7. The highest BCUT2D eigenvalue weighted by atomic mass is 19.1. The molecule has 3 amide bonds. The smallest absolute Gasteiger partial charge is 0.269 e. The fourth-order valence-electron chi connectivity index (χ4n) is 2.25. The van der Waals surface area contributed by atoms with Gasteiger partial charge in [-0.1, -0.05) is 12.1 Å². The van der Waals surface area contributed by atoms with Gasteiger partial charge in [-0.25, -0.2) is 4.39 Å². The molecule has 0 aliphatic carbocycles. The summed E-state index contributed by atoms with van der Waals surface area (Å²) in [5.41, 5.74) is 5.11. The zero-order valence-electron chi connectivity index (χ0n) is 12.9. The topological polar surface area (TPSA) is 96.5 Å². The number of benzene rings is 2. The van der Waals surface area contributed by atoms with Crippen LogP contribution in [0.5, 0.6) is 5.75 Å². The lowest BCUT2D eigenvalue weighted by atomic mass is 10.1. The Morgan fingerprint density at radius 1 is 1.08 bits per heavy atom. The first-order valence-corrected chi connectivity index (χ1v) is 7.44. The SMILES string of the molecule is O=C(C[C@H]1Oc2ccccc2NC1=O)NNC(=O)c1ccc(F)cc1. The van der Waals surface area contributed by atoms with Gasteiger partial charge in [0, 0.05) is 5.56 Å². The summed E-state index contributed by atoms with van der Waals surface area (Å²) in [5, 5.41) is 2.64. The van der Waals surface area contributed by atoms with Crippen molar-refractivity contribution >= 4 is 23.4 Å². The minimum Gasteiger partial charge on any atom is -0.478 e. The van der Waals surface area contributed by atoms with Crippen molar-refractivity contribution in [2.45, 2.75) is 12.5 Å². The first-order valence-electron chi connectivity index (χ1n) is 7.44. The highest BCUT2D eigenvalue weighted by Gasteiger charge is 2.29. The first kappa shape index (κ1) is 16.4. The lowest BCUT2D eigenvalue weighted by Gasteiger charge is -2.25. The molecule has 2 aromatic carbocycles. The van der Waals surface area contributed by atoms with Crippen LogP contribution in [-0.2, 0) is 9.59 Å². The van der Waals surface area contributed by atoms with Crippen LogP contribution in [0.2, 0.25) is 0 Å². The van der Waals surface area contributed by atoms with Gasteiger partial charge >= 0.3 is 0 Å². The lowest BCUT2D eigenvalue weighted by molar-refractivity contribution is -0.130. The van der Waals surface area contributed by atoms with E-state index in [4.69, 9.17) is 4.74 Å². The molecule has 3 N–H and O–H groups in total. The molecule has 0 saturated heterocycles. The Morgan fingerprint density at radius 2 is 1.80 bits per heavy atom. The molecule has 0 spiro atoms. The lowest BCUT2D eigenvalue weighted by Crippen LogP contribution is -2.46. The van der Waals surface area contributed by atoms with Crippen LogP contribution in [0.25, 0.3) is 0 Å². The summed E-state index contributed by atoms with van der Waals surface area (Å²) in [6, 6.07) is 11.7. The molecule has 1 aliphatic heterocycles. The second-order valence-electron chi connectivity index (χ2n) is 5.31. The Kier molecular flexibility index (Phi) is 4.60. The maximum absolute atomic E-state index is 12.8. The number of ether oxygens (including phenoxy) is 1. The van der Waals surface area contributed by atoms with Gasteiger partial charge in [0.2, 0.25) is 5.91 Å². The van der Waals surface area contributed by atoms with Gasteiger partial charge in [0.05, 0.1) is 12.1 Å². The van der Waals surface area contributed by atoms with Crippen molar-refractivity contribution in [3.63, 3.8) is 0 Å². The third-order valence-electron chi connectivity index (χ3n) is 3.50. The third-order valence-corrected chi connectivity index (χ3v) is 3.50. The van der Waals surface area contributed by atoms with E-state index in [-0.39, 0.29) is 12.0 Å². The van der Waals surface area contributed by atoms with Crippen molar-refractivity contribution in [1.82, 2.24) is 10.9 Å². The predicted octanol–water partition coefficient (Wildman–Crippen LogP) is 1.38. The van der Waals surface area contributed by atoms with E-state index in [2.05, 4.69) is 16.2 Å². The molecule has 0 unspecified atom stereocenters. The largest absolute Gasteiger partial charge is 0.478 e. The first-order chi connectivity index (χ1) is 12.0. The van der Waals surface area contributed by atoms with Gasteiger partial charge in [0.25, 0.3) is 11.8 Å². The standard InChI is InChI=1S/C17H14FN3O4/c18-11-7-5-10(6-8-11)16(23)21-20-15(22)9-14-17(24)19-12-3-1-2-4-13(12)25-14/h1-8,14H,9H2,(H,19,24)(H,20,22)(H,21,23)/t14-/m1/s1. The van der Waals surface area contributed by atoms with Crippen LogP contribution in [0.1, 0.15) is 16.8 Å². The molecule has 0 radical (unpaired) electrons. The normalized spacial score (nSPS) is 15.4. The Hall–Kier alpha value is -3.42. The minimum atomic E-state index is -1.00. The summed E-state index contributed by atoms with van der Waals surface area (Å²) < 4.78 is 18.3. The number of fused-ring (bicyclic) bond motifs is 1. The van der Waals surface area contributed by atoms with E-state index in [0.717, 1.165) is 12.1 Å². The van der Waals surface area contributed by atoms with Crippen LogP contribution < -0.4 is 20.9 Å². The molecule has 1 aliphatic rings. The number of hydrogen-bond donors (Lipinski definition) is 3. The fourth-order valence-corrected chi connectivity index (χ4v) is 2.25. The van der Waals surface area contributed by atoms with Gasteiger partial charge < -0.3 is 10.1 Å². The molecular formula is C17H14FN3O4. The number of amides is 3. The summed E-state index contributed by atoms with van der Waals surface area (Å²) in [5.74, 6) is -1.65. The Morgan fingerprint density at radius 3 is 2.56 bits per heavy atom. The van der Waals surface area contributed by atoms with E-state index in [0.29, 0.717) is 11.4 Å². The van der Waals surface area contributed by atoms with Crippen molar-refractivity contribution in [3.8, 4) is 5.75 Å². The molecular weight excluding hydrogens is 329 g/mol. The molecule has 1 atom stereocenters. The average molecular weight is 343 g/mol. The fraction of sp³-hybridized carbons (Fsp3) is 0.118. The van der Waals surface area contributed by atoms with Crippen molar-refractivity contribution in [3.05, 3.63) is 59.9 Å².